The molecule has 128 valence electrons. The van der Waals surface area contributed by atoms with Crippen molar-refractivity contribution in [1.82, 2.24) is 4.72 Å². The van der Waals surface area contributed by atoms with Crippen molar-refractivity contribution >= 4 is 27.6 Å². The average molecular weight is 368 g/mol. The molecule has 2 aromatic carbocycles. The number of hydrogen-bond donors (Lipinski definition) is 2. The zero-order chi connectivity index (χ0) is 17.6. The van der Waals surface area contributed by atoms with E-state index in [4.69, 9.17) is 16.7 Å². The van der Waals surface area contributed by atoms with Gasteiger partial charge in [-0.25, -0.2) is 13.1 Å². The highest BCUT2D eigenvalue weighted by Crippen LogP contribution is 2.14. The minimum Gasteiger partial charge on any atom is -0.481 e. The lowest BCUT2D eigenvalue weighted by Crippen LogP contribution is -2.25. The molecule has 7 heteroatoms. The highest BCUT2D eigenvalue weighted by molar-refractivity contribution is 7.89. The van der Waals surface area contributed by atoms with E-state index >= 15 is 0 Å². The second-order valence-corrected chi connectivity index (χ2v) is 7.52. The van der Waals surface area contributed by atoms with Gasteiger partial charge in [0, 0.05) is 18.0 Å². The van der Waals surface area contributed by atoms with Crippen molar-refractivity contribution < 1.29 is 18.3 Å². The van der Waals surface area contributed by atoms with Gasteiger partial charge in [-0.15, -0.1) is 0 Å². The van der Waals surface area contributed by atoms with Gasteiger partial charge in [-0.1, -0.05) is 35.9 Å². The number of nitrogens with one attached hydrogen (secondary N) is 1. The number of rotatable bonds is 8. The molecule has 24 heavy (non-hydrogen) atoms. The van der Waals surface area contributed by atoms with Gasteiger partial charge in [0.1, 0.15) is 0 Å². The molecule has 0 aliphatic carbocycles. The molecule has 2 N–H and O–H groups in total. The van der Waals surface area contributed by atoms with Crippen molar-refractivity contribution in [3.63, 3.8) is 0 Å². The monoisotopic (exact) mass is 367 g/mol. The van der Waals surface area contributed by atoms with Gasteiger partial charge in [0.2, 0.25) is 10.0 Å². The molecule has 0 bridgehead atoms. The summed E-state index contributed by atoms with van der Waals surface area (Å²) in [4.78, 5) is 10.7. The van der Waals surface area contributed by atoms with Crippen molar-refractivity contribution in [3.8, 4) is 0 Å². The fraction of sp³-hybridized carbons (Fsp3) is 0.235. The third kappa shape index (κ3) is 5.63. The topological polar surface area (TPSA) is 83.5 Å². The molecule has 0 aliphatic heterocycles. The summed E-state index contributed by atoms with van der Waals surface area (Å²) in [5.74, 6) is -0.823. The van der Waals surface area contributed by atoms with Crippen LogP contribution in [0.3, 0.4) is 0 Å². The molecule has 0 amide bonds. The van der Waals surface area contributed by atoms with Crippen LogP contribution in [-0.4, -0.2) is 26.0 Å². The molecular weight excluding hydrogens is 350 g/mol. The number of aryl methyl sites for hydroxylation is 1. The van der Waals surface area contributed by atoms with Crippen LogP contribution >= 0.6 is 11.6 Å². The van der Waals surface area contributed by atoms with E-state index in [0.717, 1.165) is 11.1 Å². The Bertz CT molecular complexity index is 786. The number of sulfonamides is 1. The lowest BCUT2D eigenvalue weighted by Gasteiger charge is -2.07. The van der Waals surface area contributed by atoms with Gasteiger partial charge >= 0.3 is 5.97 Å². The van der Waals surface area contributed by atoms with E-state index in [0.29, 0.717) is 17.9 Å². The van der Waals surface area contributed by atoms with Crippen LogP contribution in [0.2, 0.25) is 5.02 Å². The molecule has 0 fully saturated rings. The van der Waals surface area contributed by atoms with Crippen LogP contribution in [0.5, 0.6) is 0 Å². The van der Waals surface area contributed by atoms with Crippen LogP contribution in [0, 0.1) is 0 Å². The predicted octanol–water partition coefficient (Wildman–Crippen LogP) is 2.88. The maximum absolute atomic E-state index is 12.1. The van der Waals surface area contributed by atoms with E-state index in [9.17, 15) is 13.2 Å². The fourth-order valence-electron chi connectivity index (χ4n) is 2.15. The zero-order valence-electron chi connectivity index (χ0n) is 12.9. The standard InChI is InChI=1S/C17H18ClNO4S/c18-15-6-8-16(9-7-15)24(22,23)19-12-11-14-3-1-13(2-4-14)5-10-17(20)21/h1-4,6-9,19H,5,10-12H2,(H,20,21). The van der Waals surface area contributed by atoms with E-state index in [1.165, 1.54) is 24.3 Å². The molecule has 2 aromatic rings. The molecule has 0 saturated carbocycles. The fourth-order valence-corrected chi connectivity index (χ4v) is 3.31. The summed E-state index contributed by atoms with van der Waals surface area (Å²) >= 11 is 5.75. The summed E-state index contributed by atoms with van der Waals surface area (Å²) in [6.07, 6.45) is 1.13. The van der Waals surface area contributed by atoms with E-state index < -0.39 is 16.0 Å². The molecule has 0 unspecified atom stereocenters. The van der Waals surface area contributed by atoms with Crippen LogP contribution in [-0.2, 0) is 27.7 Å². The van der Waals surface area contributed by atoms with Gasteiger partial charge < -0.3 is 5.11 Å². The molecule has 0 atom stereocenters. The molecule has 0 heterocycles. The highest BCUT2D eigenvalue weighted by Gasteiger charge is 2.12. The van der Waals surface area contributed by atoms with E-state index in [2.05, 4.69) is 4.72 Å². The van der Waals surface area contributed by atoms with E-state index in [1.54, 1.807) is 0 Å². The Morgan fingerprint density at radius 2 is 1.50 bits per heavy atom. The Labute approximate surface area is 146 Å². The Morgan fingerprint density at radius 3 is 2.04 bits per heavy atom. The van der Waals surface area contributed by atoms with Crippen LogP contribution in [0.25, 0.3) is 0 Å². The van der Waals surface area contributed by atoms with Crippen molar-refractivity contribution in [2.45, 2.75) is 24.2 Å². The molecule has 0 aliphatic rings. The lowest BCUT2D eigenvalue weighted by molar-refractivity contribution is -0.136. The Kier molecular flexibility index (Phi) is 6.36. The van der Waals surface area contributed by atoms with E-state index in [1.807, 2.05) is 24.3 Å². The summed E-state index contributed by atoms with van der Waals surface area (Å²) in [6, 6.07) is 13.5. The first kappa shape index (κ1) is 18.4. The quantitative estimate of drug-likeness (QED) is 0.751. The number of halogens is 1. The van der Waals surface area contributed by atoms with Gasteiger partial charge in [0.25, 0.3) is 0 Å². The number of aliphatic carboxylic acids is 1. The van der Waals surface area contributed by atoms with Crippen molar-refractivity contribution in [3.05, 3.63) is 64.7 Å². The summed E-state index contributed by atoms with van der Waals surface area (Å²) < 4.78 is 26.8. The summed E-state index contributed by atoms with van der Waals surface area (Å²) in [5.41, 5.74) is 1.93. The molecule has 0 radical (unpaired) electrons. The number of hydrogen-bond acceptors (Lipinski definition) is 3. The first-order valence-electron chi connectivity index (χ1n) is 7.42. The Balaban J connectivity index is 1.87. The average Bonchev–Trinajstić information content (AvgIpc) is 2.54. The highest BCUT2D eigenvalue weighted by atomic mass is 35.5. The van der Waals surface area contributed by atoms with Gasteiger partial charge in [0.15, 0.2) is 0 Å². The molecule has 5 nitrogen and oxygen atoms in total. The lowest BCUT2D eigenvalue weighted by atomic mass is 10.1. The number of benzene rings is 2. The van der Waals surface area contributed by atoms with Gasteiger partial charge in [-0.3, -0.25) is 4.79 Å². The second kappa shape index (κ2) is 8.28. The number of carboxylic acids is 1. The van der Waals surface area contributed by atoms with Crippen LogP contribution < -0.4 is 4.72 Å². The minimum atomic E-state index is -3.55. The van der Waals surface area contributed by atoms with Gasteiger partial charge in [-0.2, -0.15) is 0 Å². The van der Waals surface area contributed by atoms with Gasteiger partial charge in [0.05, 0.1) is 4.90 Å². The van der Waals surface area contributed by atoms with Crippen molar-refractivity contribution in [2.24, 2.45) is 0 Å². The molecule has 0 spiro atoms. The van der Waals surface area contributed by atoms with Crippen LogP contribution in [0.4, 0.5) is 0 Å². The van der Waals surface area contributed by atoms with Crippen molar-refractivity contribution in [1.29, 1.82) is 0 Å². The van der Waals surface area contributed by atoms with Crippen LogP contribution in [0.15, 0.2) is 53.4 Å². The maximum atomic E-state index is 12.1. The zero-order valence-corrected chi connectivity index (χ0v) is 14.5. The SMILES string of the molecule is O=C(O)CCc1ccc(CCNS(=O)(=O)c2ccc(Cl)cc2)cc1. The number of carbonyl (C=O) groups is 1. The summed E-state index contributed by atoms with van der Waals surface area (Å²) in [5, 5.41) is 9.14. The molecule has 2 rings (SSSR count). The third-order valence-corrected chi connectivity index (χ3v) is 5.21. The normalized spacial score (nSPS) is 11.4. The largest absolute Gasteiger partial charge is 0.481 e. The summed E-state index contributed by atoms with van der Waals surface area (Å²) in [7, 11) is -3.55. The Morgan fingerprint density at radius 1 is 0.958 bits per heavy atom. The van der Waals surface area contributed by atoms with E-state index in [-0.39, 0.29) is 17.9 Å². The minimum absolute atomic E-state index is 0.0975. The first-order valence-corrected chi connectivity index (χ1v) is 9.28. The second-order valence-electron chi connectivity index (χ2n) is 5.31. The smallest absolute Gasteiger partial charge is 0.303 e. The van der Waals surface area contributed by atoms with Crippen molar-refractivity contribution in [2.75, 3.05) is 6.54 Å². The Hall–Kier alpha value is -1.89. The number of carboxylic acid groups (broad SMARTS) is 1. The summed E-state index contributed by atoms with van der Waals surface area (Å²) in [6.45, 7) is 0.277. The molecule has 0 saturated heterocycles. The van der Waals surface area contributed by atoms with Gasteiger partial charge in [-0.05, 0) is 48.2 Å². The molecule has 0 aromatic heterocycles. The first-order chi connectivity index (χ1) is 11.4. The maximum Gasteiger partial charge on any atom is 0.303 e. The predicted molar refractivity (Wildman–Crippen MR) is 92.7 cm³/mol. The van der Waals surface area contributed by atoms with Crippen LogP contribution in [0.1, 0.15) is 17.5 Å². The molecular formula is C17H18ClNO4S. The third-order valence-electron chi connectivity index (χ3n) is 3.48.